The van der Waals surface area contributed by atoms with Crippen LogP contribution < -0.4 is 9.61 Å². The van der Waals surface area contributed by atoms with Crippen LogP contribution in [0.4, 0.5) is 0 Å². The summed E-state index contributed by atoms with van der Waals surface area (Å²) in [4.78, 5) is 35.6. The van der Waals surface area contributed by atoms with Crippen molar-refractivity contribution in [2.75, 3.05) is 6.61 Å². The summed E-state index contributed by atoms with van der Waals surface area (Å²) in [5.74, 6) is -0.457. The quantitative estimate of drug-likeness (QED) is 0.319. The lowest BCUT2D eigenvalue weighted by atomic mass is 10.0. The summed E-state index contributed by atoms with van der Waals surface area (Å²) in [5, 5.41) is 8.67. The third kappa shape index (κ3) is 4.84. The van der Waals surface area contributed by atoms with E-state index in [9.17, 15) is 14.4 Å². The van der Waals surface area contributed by atoms with Gasteiger partial charge in [0.15, 0.2) is 5.78 Å². The molecule has 4 aromatic rings. The molecule has 160 valence electrons. The highest BCUT2D eigenvalue weighted by molar-refractivity contribution is 7.16. The highest BCUT2D eigenvalue weighted by atomic mass is 32.1. The zero-order valence-electron chi connectivity index (χ0n) is 16.9. The smallest absolute Gasteiger partial charge is 0.328 e. The van der Waals surface area contributed by atoms with Crippen molar-refractivity contribution in [1.82, 2.24) is 4.57 Å². The summed E-state index contributed by atoms with van der Waals surface area (Å²) < 4.78 is 8.13. The van der Waals surface area contributed by atoms with Gasteiger partial charge in [-0.05, 0) is 42.0 Å². The van der Waals surface area contributed by atoms with Crippen molar-refractivity contribution in [1.29, 1.82) is 0 Å². The van der Waals surface area contributed by atoms with Gasteiger partial charge in [0.05, 0.1) is 16.8 Å². The molecular formula is C25H19NO5S. The number of thiazole rings is 1. The molecule has 0 unspecified atom stereocenters. The van der Waals surface area contributed by atoms with Gasteiger partial charge < -0.3 is 9.84 Å². The first-order valence-corrected chi connectivity index (χ1v) is 10.7. The molecule has 7 heteroatoms. The summed E-state index contributed by atoms with van der Waals surface area (Å²) >= 11 is 1.11. The largest absolute Gasteiger partial charge is 0.492 e. The van der Waals surface area contributed by atoms with E-state index in [-0.39, 0.29) is 10.7 Å². The Morgan fingerprint density at radius 3 is 2.44 bits per heavy atom. The molecule has 0 bridgehead atoms. The van der Waals surface area contributed by atoms with E-state index in [1.54, 1.807) is 59.2 Å². The number of hydrogen-bond acceptors (Lipinski definition) is 5. The third-order valence-electron chi connectivity index (χ3n) is 4.85. The molecule has 0 radical (unpaired) electrons. The van der Waals surface area contributed by atoms with Gasteiger partial charge in [-0.15, -0.1) is 0 Å². The summed E-state index contributed by atoms with van der Waals surface area (Å²) in [6, 6.07) is 21.3. The maximum Gasteiger partial charge on any atom is 0.328 e. The van der Waals surface area contributed by atoms with Crippen molar-refractivity contribution in [3.05, 3.63) is 105 Å². The lowest BCUT2D eigenvalue weighted by Gasteiger charge is -2.08. The zero-order valence-corrected chi connectivity index (χ0v) is 17.7. The van der Waals surface area contributed by atoms with Gasteiger partial charge in [-0.1, -0.05) is 53.8 Å². The average Bonchev–Trinajstić information content (AvgIpc) is 3.12. The van der Waals surface area contributed by atoms with Crippen LogP contribution in [0.25, 0.3) is 16.3 Å². The van der Waals surface area contributed by atoms with Crippen LogP contribution in [-0.4, -0.2) is 28.0 Å². The van der Waals surface area contributed by atoms with Gasteiger partial charge >= 0.3 is 10.8 Å². The second-order valence-electron chi connectivity index (χ2n) is 6.99. The number of carbonyl (C=O) groups is 2. The maximum atomic E-state index is 12.7. The first-order valence-electron chi connectivity index (χ1n) is 9.88. The highest BCUT2D eigenvalue weighted by Gasteiger charge is 2.13. The Kier molecular flexibility index (Phi) is 6.28. The van der Waals surface area contributed by atoms with Crippen molar-refractivity contribution in [3.63, 3.8) is 0 Å². The molecule has 1 aromatic heterocycles. The molecule has 0 saturated heterocycles. The van der Waals surface area contributed by atoms with Crippen LogP contribution in [-0.2, 0) is 11.3 Å². The van der Waals surface area contributed by atoms with E-state index in [2.05, 4.69) is 0 Å². The van der Waals surface area contributed by atoms with E-state index in [1.165, 1.54) is 6.08 Å². The van der Waals surface area contributed by atoms with Gasteiger partial charge in [0, 0.05) is 17.2 Å². The number of benzene rings is 3. The minimum atomic E-state index is -1.00. The molecule has 0 amide bonds. The Hall–Kier alpha value is -3.97. The lowest BCUT2D eigenvalue weighted by Crippen LogP contribution is -2.17. The fourth-order valence-corrected chi connectivity index (χ4v) is 4.23. The number of carbonyl (C=O) groups excluding carboxylic acids is 1. The third-order valence-corrected chi connectivity index (χ3v) is 5.79. The van der Waals surface area contributed by atoms with E-state index in [1.807, 2.05) is 18.2 Å². The Morgan fingerprint density at radius 1 is 0.969 bits per heavy atom. The molecule has 0 saturated carbocycles. The fraction of sp³-hybridized carbons (Fsp3) is 0.0800. The van der Waals surface area contributed by atoms with Crippen LogP contribution in [0.15, 0.2) is 83.7 Å². The lowest BCUT2D eigenvalue weighted by molar-refractivity contribution is -0.131. The number of aromatic nitrogens is 1. The molecule has 1 N–H and O–H groups in total. The second kappa shape index (κ2) is 9.45. The number of hydrogen-bond donors (Lipinski definition) is 1. The van der Waals surface area contributed by atoms with Crippen LogP contribution in [0, 0.1) is 0 Å². The molecule has 0 aliphatic heterocycles. The van der Waals surface area contributed by atoms with Crippen molar-refractivity contribution in [2.45, 2.75) is 6.54 Å². The average molecular weight is 445 g/mol. The zero-order chi connectivity index (χ0) is 22.5. The summed E-state index contributed by atoms with van der Waals surface area (Å²) in [7, 11) is 0. The van der Waals surface area contributed by atoms with Crippen molar-refractivity contribution in [2.24, 2.45) is 0 Å². The molecule has 0 atom stereocenters. The Morgan fingerprint density at radius 2 is 1.72 bits per heavy atom. The number of ketones is 1. The molecule has 4 rings (SSSR count). The predicted molar refractivity (Wildman–Crippen MR) is 125 cm³/mol. The number of carboxylic acids is 1. The summed E-state index contributed by atoms with van der Waals surface area (Å²) in [5.41, 5.74) is 2.67. The first-order chi connectivity index (χ1) is 15.5. The minimum Gasteiger partial charge on any atom is -0.492 e. The number of carboxylic acid groups (broad SMARTS) is 1. The molecular weight excluding hydrogens is 426 g/mol. The summed E-state index contributed by atoms with van der Waals surface area (Å²) in [6.07, 6.45) is 2.57. The predicted octanol–water partition coefficient (Wildman–Crippen LogP) is 4.47. The van der Waals surface area contributed by atoms with Crippen molar-refractivity contribution >= 4 is 39.4 Å². The van der Waals surface area contributed by atoms with Crippen molar-refractivity contribution < 1.29 is 19.4 Å². The van der Waals surface area contributed by atoms with Crippen LogP contribution in [0.3, 0.4) is 0 Å². The van der Waals surface area contributed by atoms with Gasteiger partial charge in [-0.2, -0.15) is 0 Å². The number of nitrogens with zero attached hydrogens (tertiary/aromatic N) is 1. The SMILES string of the molecule is O=C(O)/C=C/c1ccc(OCCn2c(=O)sc3cc(C(=O)c4ccccc4)ccc32)cc1. The van der Waals surface area contributed by atoms with Crippen molar-refractivity contribution in [3.8, 4) is 5.75 Å². The maximum absolute atomic E-state index is 12.7. The van der Waals surface area contributed by atoms with Crippen LogP contribution >= 0.6 is 11.3 Å². The summed E-state index contributed by atoms with van der Waals surface area (Å²) in [6.45, 7) is 0.659. The van der Waals surface area contributed by atoms with Crippen LogP contribution in [0.5, 0.6) is 5.75 Å². The van der Waals surface area contributed by atoms with Crippen LogP contribution in [0.1, 0.15) is 21.5 Å². The first kappa shape index (κ1) is 21.3. The van der Waals surface area contributed by atoms with E-state index in [4.69, 9.17) is 9.84 Å². The molecule has 3 aromatic carbocycles. The molecule has 0 aliphatic rings. The topological polar surface area (TPSA) is 85.6 Å². The normalized spacial score (nSPS) is 11.1. The Bertz CT molecular complexity index is 1350. The molecule has 0 spiro atoms. The molecule has 0 aliphatic carbocycles. The van der Waals surface area contributed by atoms with Crippen LogP contribution in [0.2, 0.25) is 0 Å². The molecule has 6 nitrogen and oxygen atoms in total. The number of ether oxygens (including phenoxy) is 1. The van der Waals surface area contributed by atoms with E-state index in [0.717, 1.165) is 33.2 Å². The van der Waals surface area contributed by atoms with Gasteiger partial charge in [-0.3, -0.25) is 14.2 Å². The number of aliphatic carboxylic acids is 1. The van der Waals surface area contributed by atoms with E-state index in [0.29, 0.717) is 30.0 Å². The van der Waals surface area contributed by atoms with Gasteiger partial charge in [-0.25, -0.2) is 4.79 Å². The number of fused-ring (bicyclic) bond motifs is 1. The monoisotopic (exact) mass is 445 g/mol. The molecule has 1 heterocycles. The van der Waals surface area contributed by atoms with Gasteiger partial charge in [0.1, 0.15) is 12.4 Å². The standard InChI is InChI=1S/C25H19NO5S/c27-23(28)13-8-17-6-10-20(11-7-17)31-15-14-26-21-12-9-19(16-22(21)32-25(26)30)24(29)18-4-2-1-3-5-18/h1-13,16H,14-15H2,(H,27,28)/b13-8+. The highest BCUT2D eigenvalue weighted by Crippen LogP contribution is 2.21. The fourth-order valence-electron chi connectivity index (χ4n) is 3.27. The second-order valence-corrected chi connectivity index (χ2v) is 7.98. The minimum absolute atomic E-state index is 0.0788. The molecule has 32 heavy (non-hydrogen) atoms. The van der Waals surface area contributed by atoms with Gasteiger partial charge in [0.2, 0.25) is 0 Å². The Labute approximate surface area is 187 Å². The number of rotatable bonds is 8. The molecule has 0 fully saturated rings. The van der Waals surface area contributed by atoms with E-state index >= 15 is 0 Å². The van der Waals surface area contributed by atoms with E-state index < -0.39 is 5.97 Å². The Balaban J connectivity index is 1.44. The van der Waals surface area contributed by atoms with Gasteiger partial charge in [0.25, 0.3) is 0 Å².